The molecule has 0 amide bonds. The van der Waals surface area contributed by atoms with Gasteiger partial charge in [-0.05, 0) is 12.8 Å². The lowest BCUT2D eigenvalue weighted by Crippen LogP contribution is -2.14. The number of thioether (sulfide) groups is 2. The van der Waals surface area contributed by atoms with E-state index in [0.717, 1.165) is 43.5 Å². The van der Waals surface area contributed by atoms with Gasteiger partial charge in [0.25, 0.3) is 0 Å². The fraction of sp³-hybridized carbons (Fsp3) is 0.818. The van der Waals surface area contributed by atoms with Gasteiger partial charge in [-0.2, -0.15) is 16.7 Å². The van der Waals surface area contributed by atoms with Crippen LogP contribution in [0.1, 0.15) is 35.7 Å². The van der Waals surface area contributed by atoms with Crippen LogP contribution in [0.25, 0.3) is 0 Å². The van der Waals surface area contributed by atoms with E-state index in [1.165, 1.54) is 11.5 Å². The van der Waals surface area contributed by atoms with Gasteiger partial charge in [-0.15, -0.1) is 11.8 Å². The first-order chi connectivity index (χ1) is 8.43. The standard InChI is InChI=1S/C11H16N2O2S2/c1-3-14-4-2-8(1)11-12-10(13-15-11)9-7-16-5-6-17-9/h8-9H,1-7H2. The monoisotopic (exact) mass is 272 g/mol. The zero-order chi connectivity index (χ0) is 11.5. The van der Waals surface area contributed by atoms with Crippen molar-refractivity contribution in [1.82, 2.24) is 10.1 Å². The largest absolute Gasteiger partial charge is 0.381 e. The number of aromatic nitrogens is 2. The molecule has 6 heteroatoms. The summed E-state index contributed by atoms with van der Waals surface area (Å²) in [6, 6.07) is 0. The summed E-state index contributed by atoms with van der Waals surface area (Å²) < 4.78 is 10.8. The highest BCUT2D eigenvalue weighted by molar-refractivity contribution is 8.06. The van der Waals surface area contributed by atoms with E-state index in [2.05, 4.69) is 10.1 Å². The molecule has 0 saturated carbocycles. The van der Waals surface area contributed by atoms with Crippen molar-refractivity contribution < 1.29 is 9.26 Å². The molecule has 0 N–H and O–H groups in total. The van der Waals surface area contributed by atoms with Gasteiger partial charge in [0.2, 0.25) is 5.89 Å². The molecule has 1 atom stereocenters. The lowest BCUT2D eigenvalue weighted by atomic mass is 10.0. The van der Waals surface area contributed by atoms with Gasteiger partial charge in [0, 0.05) is 36.4 Å². The number of ether oxygens (including phenoxy) is 1. The second kappa shape index (κ2) is 5.63. The van der Waals surface area contributed by atoms with Crippen molar-refractivity contribution in [3.8, 4) is 0 Å². The van der Waals surface area contributed by atoms with Crippen molar-refractivity contribution in [2.75, 3.05) is 30.5 Å². The maximum atomic E-state index is 5.42. The van der Waals surface area contributed by atoms with E-state index in [9.17, 15) is 0 Å². The molecule has 1 unspecified atom stereocenters. The Morgan fingerprint density at radius 2 is 2.06 bits per heavy atom. The summed E-state index contributed by atoms with van der Waals surface area (Å²) in [5.74, 6) is 5.66. The summed E-state index contributed by atoms with van der Waals surface area (Å²) >= 11 is 3.93. The quantitative estimate of drug-likeness (QED) is 0.824. The lowest BCUT2D eigenvalue weighted by molar-refractivity contribution is 0.0778. The summed E-state index contributed by atoms with van der Waals surface area (Å²) in [6.45, 7) is 1.63. The zero-order valence-electron chi connectivity index (χ0n) is 9.63. The smallest absolute Gasteiger partial charge is 0.229 e. The van der Waals surface area contributed by atoms with E-state index in [4.69, 9.17) is 9.26 Å². The fourth-order valence-electron chi connectivity index (χ4n) is 2.13. The van der Waals surface area contributed by atoms with Gasteiger partial charge in [0.05, 0.1) is 5.25 Å². The molecule has 4 nitrogen and oxygen atoms in total. The average molecular weight is 272 g/mol. The van der Waals surface area contributed by atoms with Gasteiger partial charge in [0.15, 0.2) is 5.82 Å². The van der Waals surface area contributed by atoms with Crippen molar-refractivity contribution in [1.29, 1.82) is 0 Å². The van der Waals surface area contributed by atoms with Gasteiger partial charge in [-0.25, -0.2) is 0 Å². The third kappa shape index (κ3) is 2.80. The fourth-order valence-corrected chi connectivity index (χ4v) is 4.71. The van der Waals surface area contributed by atoms with Gasteiger partial charge in [0.1, 0.15) is 0 Å². The number of hydrogen-bond donors (Lipinski definition) is 0. The molecular weight excluding hydrogens is 256 g/mol. The Balaban J connectivity index is 1.68. The maximum absolute atomic E-state index is 5.42. The van der Waals surface area contributed by atoms with E-state index in [-0.39, 0.29) is 0 Å². The summed E-state index contributed by atoms with van der Waals surface area (Å²) in [5.41, 5.74) is 0. The normalized spacial score (nSPS) is 27.2. The van der Waals surface area contributed by atoms with Crippen LogP contribution in [-0.4, -0.2) is 40.6 Å². The Labute approximate surface area is 109 Å². The molecule has 1 aromatic rings. The minimum absolute atomic E-state index is 0.409. The Morgan fingerprint density at radius 3 is 2.82 bits per heavy atom. The van der Waals surface area contributed by atoms with Crippen molar-refractivity contribution in [2.45, 2.75) is 24.0 Å². The predicted molar refractivity (Wildman–Crippen MR) is 69.6 cm³/mol. The molecular formula is C11H16N2O2S2. The lowest BCUT2D eigenvalue weighted by Gasteiger charge is -2.18. The van der Waals surface area contributed by atoms with E-state index in [1.54, 1.807) is 0 Å². The van der Waals surface area contributed by atoms with Crippen molar-refractivity contribution in [3.05, 3.63) is 11.7 Å². The molecule has 0 aromatic carbocycles. The third-order valence-electron chi connectivity index (χ3n) is 3.13. The number of nitrogens with zero attached hydrogens (tertiary/aromatic N) is 2. The summed E-state index contributed by atoms with van der Waals surface area (Å²) in [7, 11) is 0. The van der Waals surface area contributed by atoms with Crippen LogP contribution in [-0.2, 0) is 4.74 Å². The Bertz CT molecular complexity index is 328. The topological polar surface area (TPSA) is 48.2 Å². The molecule has 2 aliphatic rings. The molecule has 17 heavy (non-hydrogen) atoms. The molecule has 0 aliphatic carbocycles. The van der Waals surface area contributed by atoms with Crippen LogP contribution in [0.2, 0.25) is 0 Å². The molecule has 2 aliphatic heterocycles. The Morgan fingerprint density at radius 1 is 1.18 bits per heavy atom. The first-order valence-electron chi connectivity index (χ1n) is 6.04. The van der Waals surface area contributed by atoms with Crippen LogP contribution in [0.3, 0.4) is 0 Å². The van der Waals surface area contributed by atoms with Gasteiger partial charge >= 0.3 is 0 Å². The molecule has 0 radical (unpaired) electrons. The molecule has 2 fully saturated rings. The van der Waals surface area contributed by atoms with Crippen LogP contribution in [0.4, 0.5) is 0 Å². The van der Waals surface area contributed by atoms with Crippen LogP contribution in [0.15, 0.2) is 4.52 Å². The van der Waals surface area contributed by atoms with Crippen LogP contribution < -0.4 is 0 Å². The molecule has 3 heterocycles. The zero-order valence-corrected chi connectivity index (χ0v) is 11.3. The molecule has 94 valence electrons. The SMILES string of the molecule is C1CC(c2nc(C3CSCCS3)no2)CCO1. The molecule has 0 bridgehead atoms. The molecule has 3 rings (SSSR count). The van der Waals surface area contributed by atoms with E-state index in [1.807, 2.05) is 23.5 Å². The molecule has 1 aromatic heterocycles. The minimum atomic E-state index is 0.409. The van der Waals surface area contributed by atoms with E-state index in [0.29, 0.717) is 11.2 Å². The second-order valence-corrected chi connectivity index (χ2v) is 6.77. The van der Waals surface area contributed by atoms with E-state index < -0.39 is 0 Å². The van der Waals surface area contributed by atoms with Crippen molar-refractivity contribution in [3.63, 3.8) is 0 Å². The first-order valence-corrected chi connectivity index (χ1v) is 8.24. The second-order valence-electron chi connectivity index (χ2n) is 4.31. The van der Waals surface area contributed by atoms with Gasteiger partial charge in [-0.3, -0.25) is 0 Å². The highest BCUT2D eigenvalue weighted by Gasteiger charge is 2.26. The highest BCUT2D eigenvalue weighted by Crippen LogP contribution is 2.36. The van der Waals surface area contributed by atoms with Crippen LogP contribution >= 0.6 is 23.5 Å². The van der Waals surface area contributed by atoms with Crippen molar-refractivity contribution in [2.24, 2.45) is 0 Å². The van der Waals surface area contributed by atoms with Gasteiger partial charge < -0.3 is 9.26 Å². The summed E-state index contributed by atoms with van der Waals surface area (Å²) in [5, 5.41) is 4.58. The van der Waals surface area contributed by atoms with Crippen molar-refractivity contribution >= 4 is 23.5 Å². The summed E-state index contributed by atoms with van der Waals surface area (Å²) in [6.07, 6.45) is 2.02. The maximum Gasteiger partial charge on any atom is 0.229 e. The molecule has 2 saturated heterocycles. The Hall–Kier alpha value is -0.200. The van der Waals surface area contributed by atoms with E-state index >= 15 is 0 Å². The first kappa shape index (κ1) is 11.9. The minimum Gasteiger partial charge on any atom is -0.381 e. The van der Waals surface area contributed by atoms with Crippen LogP contribution in [0.5, 0.6) is 0 Å². The third-order valence-corrected chi connectivity index (χ3v) is 5.88. The number of rotatable bonds is 2. The molecule has 0 spiro atoms. The van der Waals surface area contributed by atoms with Gasteiger partial charge in [-0.1, -0.05) is 5.16 Å². The summed E-state index contributed by atoms with van der Waals surface area (Å²) in [4.78, 5) is 4.59. The average Bonchev–Trinajstić information content (AvgIpc) is 2.90. The number of hydrogen-bond acceptors (Lipinski definition) is 6. The highest BCUT2D eigenvalue weighted by atomic mass is 32.2. The Kier molecular flexibility index (Phi) is 3.93. The predicted octanol–water partition coefficient (Wildman–Crippen LogP) is 2.48. The van der Waals surface area contributed by atoms with Crippen LogP contribution in [0, 0.1) is 0 Å².